The summed E-state index contributed by atoms with van der Waals surface area (Å²) < 4.78 is 13.2. The highest BCUT2D eigenvalue weighted by Crippen LogP contribution is 2.28. The topological polar surface area (TPSA) is 78.3 Å². The van der Waals surface area contributed by atoms with Crippen molar-refractivity contribution in [3.63, 3.8) is 0 Å². The maximum atomic E-state index is 12.7. The molecule has 1 amide bonds. The summed E-state index contributed by atoms with van der Waals surface area (Å²) in [6, 6.07) is 15.7. The van der Waals surface area contributed by atoms with E-state index in [0.29, 0.717) is 17.6 Å². The normalized spacial score (nSPS) is 15.7. The molecule has 1 aliphatic rings. The smallest absolute Gasteiger partial charge is 0.234 e. The minimum Gasteiger partial charge on any atom is -0.497 e. The van der Waals surface area contributed by atoms with E-state index in [-0.39, 0.29) is 17.8 Å². The van der Waals surface area contributed by atoms with Crippen LogP contribution < -0.4 is 10.1 Å². The molecule has 174 valence electrons. The number of ether oxygens (including phenoxy) is 2. The van der Waals surface area contributed by atoms with E-state index < -0.39 is 0 Å². The van der Waals surface area contributed by atoms with Gasteiger partial charge in [-0.25, -0.2) is 0 Å². The van der Waals surface area contributed by atoms with E-state index in [2.05, 4.69) is 33.9 Å². The first kappa shape index (κ1) is 23.3. The molecule has 0 aliphatic carbocycles. The number of rotatable bonds is 9. The van der Waals surface area contributed by atoms with Crippen molar-refractivity contribution in [1.29, 1.82) is 0 Å². The van der Waals surface area contributed by atoms with Crippen LogP contribution in [0.1, 0.15) is 38.2 Å². The Kier molecular flexibility index (Phi) is 7.67. The molecule has 1 aromatic heterocycles. The van der Waals surface area contributed by atoms with Crippen LogP contribution >= 0.6 is 11.8 Å². The molecule has 1 fully saturated rings. The Balaban J connectivity index is 1.50. The molecule has 1 saturated heterocycles. The zero-order valence-electron chi connectivity index (χ0n) is 19.3. The average molecular weight is 467 g/mol. The Morgan fingerprint density at radius 2 is 2.00 bits per heavy atom. The molecular weight excluding hydrogens is 436 g/mol. The largest absolute Gasteiger partial charge is 0.497 e. The molecule has 1 aliphatic heterocycles. The fourth-order valence-corrected chi connectivity index (χ4v) is 4.68. The lowest BCUT2D eigenvalue weighted by molar-refractivity contribution is -0.113. The number of nitrogens with one attached hydrogen (secondary N) is 1. The van der Waals surface area contributed by atoms with E-state index in [4.69, 9.17) is 9.47 Å². The fraction of sp³-hybridized carbons (Fsp3) is 0.400. The number of benzene rings is 2. The van der Waals surface area contributed by atoms with Crippen LogP contribution in [0.2, 0.25) is 0 Å². The first-order chi connectivity index (χ1) is 16.0. The zero-order chi connectivity index (χ0) is 23.2. The summed E-state index contributed by atoms with van der Waals surface area (Å²) in [7, 11) is 1.65. The molecular formula is C25H30N4O3S. The van der Waals surface area contributed by atoms with Crippen molar-refractivity contribution in [2.24, 2.45) is 0 Å². The van der Waals surface area contributed by atoms with Crippen LogP contribution in [0.3, 0.4) is 0 Å². The molecule has 7 nitrogen and oxygen atoms in total. The summed E-state index contributed by atoms with van der Waals surface area (Å²) in [5.74, 6) is 2.07. The highest BCUT2D eigenvalue weighted by molar-refractivity contribution is 7.99. The van der Waals surface area contributed by atoms with Crippen molar-refractivity contribution in [1.82, 2.24) is 14.8 Å². The van der Waals surface area contributed by atoms with Gasteiger partial charge in [-0.15, -0.1) is 10.2 Å². The molecule has 3 aromatic rings. The fourth-order valence-electron chi connectivity index (χ4n) is 3.94. The summed E-state index contributed by atoms with van der Waals surface area (Å²) in [5.41, 5.74) is 2.93. The van der Waals surface area contributed by atoms with Gasteiger partial charge < -0.3 is 14.8 Å². The summed E-state index contributed by atoms with van der Waals surface area (Å²) in [6.45, 7) is 5.68. The number of aromatic nitrogens is 3. The Labute approximate surface area is 198 Å². The maximum Gasteiger partial charge on any atom is 0.234 e. The predicted octanol–water partition coefficient (Wildman–Crippen LogP) is 4.99. The van der Waals surface area contributed by atoms with E-state index in [1.807, 2.05) is 48.5 Å². The Bertz CT molecular complexity index is 1080. The van der Waals surface area contributed by atoms with Crippen LogP contribution in [-0.4, -0.2) is 46.2 Å². The number of nitrogens with zero attached hydrogens (tertiary/aromatic N) is 3. The molecule has 1 N–H and O–H groups in total. The first-order valence-corrected chi connectivity index (χ1v) is 12.2. The Morgan fingerprint density at radius 1 is 1.21 bits per heavy atom. The monoisotopic (exact) mass is 466 g/mol. The van der Waals surface area contributed by atoms with Crippen LogP contribution in [0.4, 0.5) is 5.69 Å². The van der Waals surface area contributed by atoms with Gasteiger partial charge in [0.1, 0.15) is 5.75 Å². The van der Waals surface area contributed by atoms with Gasteiger partial charge in [0.2, 0.25) is 5.91 Å². The Morgan fingerprint density at radius 3 is 2.70 bits per heavy atom. The van der Waals surface area contributed by atoms with Crippen LogP contribution in [-0.2, 0) is 16.1 Å². The van der Waals surface area contributed by atoms with E-state index in [1.54, 1.807) is 7.11 Å². The van der Waals surface area contributed by atoms with Gasteiger partial charge in [-0.2, -0.15) is 0 Å². The minimum absolute atomic E-state index is 0.0641. The molecule has 33 heavy (non-hydrogen) atoms. The van der Waals surface area contributed by atoms with Crippen LogP contribution in [0, 0.1) is 0 Å². The number of hydrogen-bond donors (Lipinski definition) is 1. The van der Waals surface area contributed by atoms with Crippen molar-refractivity contribution >= 4 is 23.4 Å². The molecule has 8 heteroatoms. The standard InChI is InChI=1S/C25H30N4O3S/c1-17(2)21-8-4-5-9-22(21)26-23(30)16-33-25-28-27-24(18-10-12-19(31-3)13-11-18)29(25)15-20-7-6-14-32-20/h4-5,8-13,17,20H,6-7,14-16H2,1-3H3,(H,26,30). The molecule has 0 bridgehead atoms. The van der Waals surface area contributed by atoms with E-state index in [9.17, 15) is 4.79 Å². The second-order valence-electron chi connectivity index (χ2n) is 8.36. The number of thioether (sulfide) groups is 1. The highest BCUT2D eigenvalue weighted by atomic mass is 32.2. The first-order valence-electron chi connectivity index (χ1n) is 11.3. The molecule has 2 aromatic carbocycles. The maximum absolute atomic E-state index is 12.7. The number of amides is 1. The van der Waals surface area contributed by atoms with E-state index in [0.717, 1.165) is 47.8 Å². The molecule has 1 unspecified atom stereocenters. The number of carbonyl (C=O) groups excluding carboxylic acids is 1. The number of carbonyl (C=O) groups is 1. The molecule has 2 heterocycles. The summed E-state index contributed by atoms with van der Waals surface area (Å²) in [4.78, 5) is 12.7. The van der Waals surface area contributed by atoms with Gasteiger partial charge in [0.15, 0.2) is 11.0 Å². The SMILES string of the molecule is COc1ccc(-c2nnc(SCC(=O)Nc3ccccc3C(C)C)n2CC2CCCO2)cc1. The third kappa shape index (κ3) is 5.75. The van der Waals surface area contributed by atoms with Crippen LogP contribution in [0.15, 0.2) is 53.7 Å². The summed E-state index contributed by atoms with van der Waals surface area (Å²) in [6.07, 6.45) is 2.20. The van der Waals surface area contributed by atoms with Gasteiger partial charge in [0.25, 0.3) is 0 Å². The van der Waals surface area contributed by atoms with E-state index >= 15 is 0 Å². The third-order valence-electron chi connectivity index (χ3n) is 5.66. The third-order valence-corrected chi connectivity index (χ3v) is 6.63. The van der Waals surface area contributed by atoms with Crippen molar-refractivity contribution in [3.05, 3.63) is 54.1 Å². The minimum atomic E-state index is -0.0641. The van der Waals surface area contributed by atoms with Gasteiger partial charge in [-0.3, -0.25) is 9.36 Å². The average Bonchev–Trinajstić information content (AvgIpc) is 3.48. The zero-order valence-corrected chi connectivity index (χ0v) is 20.1. The molecule has 0 radical (unpaired) electrons. The second-order valence-corrected chi connectivity index (χ2v) is 9.30. The van der Waals surface area contributed by atoms with Gasteiger partial charge in [0, 0.05) is 17.9 Å². The van der Waals surface area contributed by atoms with Crippen molar-refractivity contribution in [2.75, 3.05) is 24.8 Å². The highest BCUT2D eigenvalue weighted by Gasteiger charge is 2.22. The predicted molar refractivity (Wildman–Crippen MR) is 131 cm³/mol. The number of methoxy groups -OCH3 is 1. The number of hydrogen-bond acceptors (Lipinski definition) is 6. The number of anilines is 1. The summed E-state index contributed by atoms with van der Waals surface area (Å²) in [5, 5.41) is 12.6. The Hall–Kier alpha value is -2.84. The van der Waals surface area contributed by atoms with Gasteiger partial charge in [-0.05, 0) is 54.7 Å². The number of para-hydroxylation sites is 1. The molecule has 4 rings (SSSR count). The van der Waals surface area contributed by atoms with Crippen LogP contribution in [0.5, 0.6) is 5.75 Å². The van der Waals surface area contributed by atoms with Gasteiger partial charge in [0.05, 0.1) is 25.5 Å². The lowest BCUT2D eigenvalue weighted by Crippen LogP contribution is -2.18. The lowest BCUT2D eigenvalue weighted by Gasteiger charge is -2.15. The lowest BCUT2D eigenvalue weighted by atomic mass is 10.0. The van der Waals surface area contributed by atoms with E-state index in [1.165, 1.54) is 11.8 Å². The molecule has 1 atom stereocenters. The van der Waals surface area contributed by atoms with Gasteiger partial charge >= 0.3 is 0 Å². The molecule has 0 spiro atoms. The van der Waals surface area contributed by atoms with Crippen molar-refractivity contribution in [2.45, 2.75) is 50.4 Å². The van der Waals surface area contributed by atoms with Crippen molar-refractivity contribution < 1.29 is 14.3 Å². The van der Waals surface area contributed by atoms with Gasteiger partial charge in [-0.1, -0.05) is 43.8 Å². The van der Waals surface area contributed by atoms with Crippen LogP contribution in [0.25, 0.3) is 11.4 Å². The quantitative estimate of drug-likeness (QED) is 0.448. The second kappa shape index (κ2) is 10.9. The van der Waals surface area contributed by atoms with Crippen molar-refractivity contribution in [3.8, 4) is 17.1 Å². The summed E-state index contributed by atoms with van der Waals surface area (Å²) >= 11 is 1.39. The molecule has 0 saturated carbocycles.